The van der Waals surface area contributed by atoms with Crippen molar-refractivity contribution in [3.63, 3.8) is 0 Å². The van der Waals surface area contributed by atoms with E-state index < -0.39 is 10.0 Å². The number of anilines is 2. The van der Waals surface area contributed by atoms with E-state index in [1.807, 2.05) is 0 Å². The van der Waals surface area contributed by atoms with Gasteiger partial charge in [-0.05, 0) is 6.07 Å². The average molecular weight is 279 g/mol. The number of rotatable bonds is 6. The number of nitrogens with zero attached hydrogens (tertiary/aromatic N) is 1. The highest BCUT2D eigenvalue weighted by Gasteiger charge is 2.08. The number of nitrogens with two attached hydrogens (primary N) is 1. The molecule has 0 fully saturated rings. The predicted molar refractivity (Wildman–Crippen MR) is 69.6 cm³/mol. The quantitative estimate of drug-likeness (QED) is 0.710. The first kappa shape index (κ1) is 14.0. The molecule has 1 aromatic rings. The smallest absolute Gasteiger partial charge is 0.213 e. The molecule has 96 valence electrons. The average Bonchev–Trinajstić information content (AvgIpc) is 2.21. The Hall–Kier alpha value is -1.05. The van der Waals surface area contributed by atoms with Gasteiger partial charge in [0.05, 0.1) is 22.7 Å². The van der Waals surface area contributed by atoms with Crippen LogP contribution in [0.5, 0.6) is 0 Å². The van der Waals surface area contributed by atoms with Crippen LogP contribution in [0.25, 0.3) is 0 Å². The number of hydrogen-bond acceptors (Lipinski definition) is 5. The summed E-state index contributed by atoms with van der Waals surface area (Å²) in [6, 6.07) is 1.55. The molecule has 1 aromatic heterocycles. The van der Waals surface area contributed by atoms with Gasteiger partial charge in [-0.2, -0.15) is 0 Å². The van der Waals surface area contributed by atoms with E-state index in [1.54, 1.807) is 13.0 Å². The summed E-state index contributed by atoms with van der Waals surface area (Å²) in [5.74, 6) is 0.385. The summed E-state index contributed by atoms with van der Waals surface area (Å²) >= 11 is 5.87. The van der Waals surface area contributed by atoms with Gasteiger partial charge >= 0.3 is 0 Å². The van der Waals surface area contributed by atoms with Crippen LogP contribution in [0.15, 0.2) is 12.3 Å². The number of aromatic nitrogens is 1. The molecule has 0 unspecified atom stereocenters. The zero-order valence-corrected chi connectivity index (χ0v) is 11.0. The SMILES string of the molecule is CCNS(=O)(=O)CCNc1ncc(N)cc1Cl. The van der Waals surface area contributed by atoms with Crippen molar-refractivity contribution in [1.82, 2.24) is 9.71 Å². The topological polar surface area (TPSA) is 97.1 Å². The van der Waals surface area contributed by atoms with E-state index in [2.05, 4.69) is 15.0 Å². The van der Waals surface area contributed by atoms with Gasteiger partial charge in [-0.3, -0.25) is 0 Å². The van der Waals surface area contributed by atoms with Gasteiger partial charge < -0.3 is 11.1 Å². The Morgan fingerprint density at radius 3 is 2.82 bits per heavy atom. The first-order valence-corrected chi connectivity index (χ1v) is 7.10. The van der Waals surface area contributed by atoms with E-state index in [9.17, 15) is 8.42 Å². The molecule has 0 aliphatic heterocycles. The number of nitrogen functional groups attached to an aromatic ring is 1. The Balaban J connectivity index is 2.51. The number of nitrogens with one attached hydrogen (secondary N) is 2. The molecule has 0 aromatic carbocycles. The lowest BCUT2D eigenvalue weighted by Crippen LogP contribution is -2.29. The fourth-order valence-electron chi connectivity index (χ4n) is 1.18. The van der Waals surface area contributed by atoms with Crippen LogP contribution in [0.2, 0.25) is 5.02 Å². The van der Waals surface area contributed by atoms with E-state index in [-0.39, 0.29) is 12.3 Å². The summed E-state index contributed by atoms with van der Waals surface area (Å²) in [5.41, 5.74) is 5.94. The van der Waals surface area contributed by atoms with Gasteiger partial charge in [0.25, 0.3) is 0 Å². The molecule has 0 aliphatic rings. The van der Waals surface area contributed by atoms with Crippen molar-refractivity contribution in [1.29, 1.82) is 0 Å². The highest BCUT2D eigenvalue weighted by atomic mass is 35.5. The van der Waals surface area contributed by atoms with Crippen LogP contribution in [0.1, 0.15) is 6.92 Å². The molecule has 1 rings (SSSR count). The van der Waals surface area contributed by atoms with Crippen LogP contribution < -0.4 is 15.8 Å². The van der Waals surface area contributed by atoms with Crippen molar-refractivity contribution in [2.24, 2.45) is 0 Å². The van der Waals surface area contributed by atoms with Crippen molar-refractivity contribution in [2.75, 3.05) is 29.9 Å². The van der Waals surface area contributed by atoms with E-state index in [0.717, 1.165) is 0 Å². The third-order valence-electron chi connectivity index (χ3n) is 1.89. The molecule has 17 heavy (non-hydrogen) atoms. The molecular weight excluding hydrogens is 264 g/mol. The fraction of sp³-hybridized carbons (Fsp3) is 0.444. The van der Waals surface area contributed by atoms with Crippen LogP contribution in [0, 0.1) is 0 Å². The largest absolute Gasteiger partial charge is 0.397 e. The van der Waals surface area contributed by atoms with Gasteiger partial charge in [-0.1, -0.05) is 18.5 Å². The van der Waals surface area contributed by atoms with Crippen molar-refractivity contribution in [3.8, 4) is 0 Å². The van der Waals surface area contributed by atoms with Crippen LogP contribution in [-0.2, 0) is 10.0 Å². The Bertz CT molecular complexity index is 478. The van der Waals surface area contributed by atoms with E-state index in [1.165, 1.54) is 6.20 Å². The minimum absolute atomic E-state index is 0.0385. The fourth-order valence-corrected chi connectivity index (χ4v) is 2.38. The second kappa shape index (κ2) is 6.04. The molecule has 0 saturated heterocycles. The third kappa shape index (κ3) is 4.76. The number of pyridine rings is 1. The minimum Gasteiger partial charge on any atom is -0.397 e. The summed E-state index contributed by atoms with van der Waals surface area (Å²) < 4.78 is 25.1. The standard InChI is InChI=1S/C9H15ClN4O2S/c1-2-14-17(15,16)4-3-12-9-8(10)5-7(11)6-13-9/h5-6,14H,2-4,11H2,1H3,(H,12,13). The lowest BCUT2D eigenvalue weighted by atomic mass is 10.4. The lowest BCUT2D eigenvalue weighted by Gasteiger charge is -2.08. The monoisotopic (exact) mass is 278 g/mol. The Kier molecular flexibility index (Phi) is 4.98. The zero-order valence-electron chi connectivity index (χ0n) is 9.40. The van der Waals surface area contributed by atoms with E-state index in [4.69, 9.17) is 17.3 Å². The summed E-state index contributed by atoms with van der Waals surface area (Å²) in [5, 5.41) is 3.20. The molecule has 4 N–H and O–H groups in total. The molecule has 0 spiro atoms. The van der Waals surface area contributed by atoms with Crippen LogP contribution >= 0.6 is 11.6 Å². The van der Waals surface area contributed by atoms with Crippen LogP contribution in [0.4, 0.5) is 11.5 Å². The maximum Gasteiger partial charge on any atom is 0.213 e. The highest BCUT2D eigenvalue weighted by molar-refractivity contribution is 7.89. The molecule has 0 atom stereocenters. The Labute approximate surface area is 106 Å². The van der Waals surface area contributed by atoms with Crippen molar-refractivity contribution >= 4 is 33.1 Å². The zero-order chi connectivity index (χ0) is 12.9. The maximum atomic E-state index is 11.3. The van der Waals surface area contributed by atoms with Crippen LogP contribution in [0.3, 0.4) is 0 Å². The van der Waals surface area contributed by atoms with Gasteiger partial charge in [-0.15, -0.1) is 0 Å². The van der Waals surface area contributed by atoms with Gasteiger partial charge in [0, 0.05) is 13.1 Å². The molecule has 8 heteroatoms. The highest BCUT2D eigenvalue weighted by Crippen LogP contribution is 2.20. The number of sulfonamides is 1. The summed E-state index contributed by atoms with van der Waals surface area (Å²) in [4.78, 5) is 3.96. The molecular formula is C9H15ClN4O2S. The normalized spacial score (nSPS) is 11.4. The Morgan fingerprint density at radius 1 is 1.53 bits per heavy atom. The Morgan fingerprint density at radius 2 is 2.24 bits per heavy atom. The first-order chi connectivity index (χ1) is 7.94. The van der Waals surface area contributed by atoms with Crippen molar-refractivity contribution < 1.29 is 8.42 Å². The van der Waals surface area contributed by atoms with Crippen molar-refractivity contribution in [2.45, 2.75) is 6.92 Å². The summed E-state index contributed by atoms with van der Waals surface area (Å²) in [6.07, 6.45) is 1.45. The molecule has 0 amide bonds. The molecule has 0 aliphatic carbocycles. The summed E-state index contributed by atoms with van der Waals surface area (Å²) in [6.45, 7) is 2.33. The molecule has 1 heterocycles. The van der Waals surface area contributed by atoms with Crippen LogP contribution in [-0.4, -0.2) is 32.2 Å². The summed E-state index contributed by atoms with van der Waals surface area (Å²) in [7, 11) is -3.23. The lowest BCUT2D eigenvalue weighted by molar-refractivity contribution is 0.584. The van der Waals surface area contributed by atoms with Gasteiger partial charge in [0.15, 0.2) is 0 Å². The second-order valence-electron chi connectivity index (χ2n) is 3.34. The molecule has 0 saturated carbocycles. The minimum atomic E-state index is -3.23. The molecule has 0 radical (unpaired) electrons. The van der Waals surface area contributed by atoms with E-state index >= 15 is 0 Å². The van der Waals surface area contributed by atoms with Crippen molar-refractivity contribution in [3.05, 3.63) is 17.3 Å². The third-order valence-corrected chi connectivity index (χ3v) is 3.65. The number of hydrogen-bond donors (Lipinski definition) is 3. The second-order valence-corrected chi connectivity index (χ2v) is 5.68. The number of halogens is 1. The maximum absolute atomic E-state index is 11.3. The molecule has 6 nitrogen and oxygen atoms in total. The van der Waals surface area contributed by atoms with E-state index in [0.29, 0.717) is 23.1 Å². The molecule has 0 bridgehead atoms. The first-order valence-electron chi connectivity index (χ1n) is 5.07. The predicted octanol–water partition coefficient (Wildman–Crippen LogP) is 0.668. The van der Waals surface area contributed by atoms with Gasteiger partial charge in [-0.25, -0.2) is 18.1 Å². The van der Waals surface area contributed by atoms with Gasteiger partial charge in [0.1, 0.15) is 5.82 Å². The van der Waals surface area contributed by atoms with Gasteiger partial charge in [0.2, 0.25) is 10.0 Å².